The molecule has 102 valence electrons. The first-order valence-electron chi connectivity index (χ1n) is 6.80. The summed E-state index contributed by atoms with van der Waals surface area (Å²) in [5, 5.41) is 11.7. The Morgan fingerprint density at radius 3 is 2.74 bits per heavy atom. The van der Waals surface area contributed by atoms with Crippen molar-refractivity contribution < 1.29 is 9.84 Å². The normalized spacial score (nSPS) is 10.8. The van der Waals surface area contributed by atoms with E-state index in [0.29, 0.717) is 4.90 Å². The molecule has 19 heavy (non-hydrogen) atoms. The number of rotatable bonds is 6. The van der Waals surface area contributed by atoms with Crippen molar-refractivity contribution in [3.05, 3.63) is 30.3 Å². The Balaban J connectivity index is 2.04. The van der Waals surface area contributed by atoms with E-state index in [4.69, 9.17) is 4.74 Å². The first-order valence-corrected chi connectivity index (χ1v) is 7.24. The summed E-state index contributed by atoms with van der Waals surface area (Å²) in [7, 11) is 0. The van der Waals surface area contributed by atoms with Gasteiger partial charge in [-0.3, -0.25) is 0 Å². The first kappa shape index (κ1) is 14.1. The van der Waals surface area contributed by atoms with Gasteiger partial charge >= 0.3 is 0 Å². The van der Waals surface area contributed by atoms with Gasteiger partial charge in [-0.1, -0.05) is 32.3 Å². The van der Waals surface area contributed by atoms with Crippen LogP contribution < -0.4 is 4.74 Å². The van der Waals surface area contributed by atoms with Crippen molar-refractivity contribution in [3.8, 4) is 11.5 Å². The fourth-order valence-corrected chi connectivity index (χ4v) is 2.28. The van der Waals surface area contributed by atoms with Crippen molar-refractivity contribution in [1.82, 2.24) is 0 Å². The van der Waals surface area contributed by atoms with Crippen LogP contribution in [0.4, 0.5) is 0 Å². The molecule has 0 aliphatic carbocycles. The van der Waals surface area contributed by atoms with Gasteiger partial charge in [0.15, 0.2) is 0 Å². The molecule has 0 amide bonds. The van der Waals surface area contributed by atoms with Gasteiger partial charge in [-0.2, -0.15) is 0 Å². The Bertz CT molecular complexity index is 552. The summed E-state index contributed by atoms with van der Waals surface area (Å²) in [4.78, 5) is 0.598. The molecule has 1 N–H and O–H groups in total. The predicted octanol–water partition coefficient (Wildman–Crippen LogP) is 4.79. The summed E-state index contributed by atoms with van der Waals surface area (Å²) in [6.07, 6.45) is 4.81. The highest BCUT2D eigenvalue weighted by Gasteiger charge is 2.04. The number of phenolic OH excluding ortho intramolecular Hbond substituents is 1. The lowest BCUT2D eigenvalue weighted by atomic mass is 10.1. The molecule has 0 fully saturated rings. The van der Waals surface area contributed by atoms with Crippen molar-refractivity contribution in [2.24, 2.45) is 0 Å². The largest absolute Gasteiger partial charge is 0.506 e. The van der Waals surface area contributed by atoms with Gasteiger partial charge in [0.25, 0.3) is 0 Å². The Labute approximate surface area is 119 Å². The maximum absolute atomic E-state index is 9.91. The van der Waals surface area contributed by atoms with E-state index in [1.165, 1.54) is 19.3 Å². The number of aromatic hydroxyl groups is 1. The molecular formula is C16H20O2S. The molecule has 0 heterocycles. The second-order valence-corrected chi connectivity index (χ2v) is 5.21. The molecule has 0 bridgehead atoms. The molecule has 3 heteroatoms. The summed E-state index contributed by atoms with van der Waals surface area (Å²) >= 11 is 4.21. The second kappa shape index (κ2) is 6.71. The van der Waals surface area contributed by atoms with Crippen molar-refractivity contribution >= 4 is 23.4 Å². The smallest absolute Gasteiger partial charge is 0.136 e. The average molecular weight is 276 g/mol. The van der Waals surface area contributed by atoms with Crippen molar-refractivity contribution in [2.75, 3.05) is 6.61 Å². The van der Waals surface area contributed by atoms with Crippen LogP contribution in [0, 0.1) is 0 Å². The van der Waals surface area contributed by atoms with Gasteiger partial charge < -0.3 is 9.84 Å². The van der Waals surface area contributed by atoms with E-state index >= 15 is 0 Å². The third-order valence-electron chi connectivity index (χ3n) is 3.21. The number of fused-ring (bicyclic) bond motifs is 1. The van der Waals surface area contributed by atoms with Crippen molar-refractivity contribution in [2.45, 2.75) is 37.5 Å². The maximum Gasteiger partial charge on any atom is 0.136 e. The Kier molecular flexibility index (Phi) is 4.97. The van der Waals surface area contributed by atoms with Crippen LogP contribution in [0.2, 0.25) is 0 Å². The molecule has 0 saturated carbocycles. The lowest BCUT2D eigenvalue weighted by Gasteiger charge is -2.08. The third kappa shape index (κ3) is 3.57. The van der Waals surface area contributed by atoms with Gasteiger partial charge in [-0.05, 0) is 36.1 Å². The number of thiol groups is 1. The zero-order chi connectivity index (χ0) is 13.7. The molecule has 0 aliphatic heterocycles. The molecular weight excluding hydrogens is 256 g/mol. The Hall–Kier alpha value is -1.35. The van der Waals surface area contributed by atoms with Crippen LogP contribution >= 0.6 is 12.6 Å². The molecule has 0 spiro atoms. The van der Waals surface area contributed by atoms with E-state index in [9.17, 15) is 5.11 Å². The molecule has 2 aromatic carbocycles. The van der Waals surface area contributed by atoms with Crippen LogP contribution in [-0.2, 0) is 0 Å². The summed E-state index contributed by atoms with van der Waals surface area (Å²) < 4.78 is 5.73. The van der Waals surface area contributed by atoms with Crippen LogP contribution in [0.1, 0.15) is 32.6 Å². The Morgan fingerprint density at radius 2 is 1.95 bits per heavy atom. The minimum Gasteiger partial charge on any atom is -0.506 e. The van der Waals surface area contributed by atoms with E-state index in [2.05, 4.69) is 19.6 Å². The average Bonchev–Trinajstić information content (AvgIpc) is 2.43. The summed E-state index contributed by atoms with van der Waals surface area (Å²) in [5.41, 5.74) is 0. The molecule has 0 radical (unpaired) electrons. The summed E-state index contributed by atoms with van der Waals surface area (Å²) in [6, 6.07) is 9.48. The van der Waals surface area contributed by atoms with Crippen LogP contribution in [0.25, 0.3) is 10.8 Å². The Morgan fingerprint density at radius 1 is 1.11 bits per heavy atom. The van der Waals surface area contributed by atoms with Crippen LogP contribution in [-0.4, -0.2) is 11.7 Å². The van der Waals surface area contributed by atoms with Crippen LogP contribution in [0.15, 0.2) is 35.2 Å². The number of unbranched alkanes of at least 4 members (excludes halogenated alkanes) is 3. The second-order valence-electron chi connectivity index (χ2n) is 4.73. The van der Waals surface area contributed by atoms with Gasteiger partial charge in [0, 0.05) is 10.3 Å². The van der Waals surface area contributed by atoms with Gasteiger partial charge in [-0.15, -0.1) is 12.6 Å². The van der Waals surface area contributed by atoms with Gasteiger partial charge in [0.2, 0.25) is 0 Å². The van der Waals surface area contributed by atoms with E-state index in [1.54, 1.807) is 6.07 Å². The maximum atomic E-state index is 9.91. The predicted molar refractivity (Wildman–Crippen MR) is 82.5 cm³/mol. The van der Waals surface area contributed by atoms with Gasteiger partial charge in [0.05, 0.1) is 6.61 Å². The van der Waals surface area contributed by atoms with E-state index in [0.717, 1.165) is 29.5 Å². The molecule has 2 rings (SSSR count). The van der Waals surface area contributed by atoms with Crippen molar-refractivity contribution in [3.63, 3.8) is 0 Å². The van der Waals surface area contributed by atoms with E-state index in [1.807, 2.05) is 24.3 Å². The number of benzene rings is 2. The standard InChI is InChI=1S/C16H20O2S/c1-2-3-4-5-10-18-13-7-8-14-12(11-13)6-9-15(19)16(14)17/h6-9,11,17,19H,2-5,10H2,1H3. The number of hydrogen-bond acceptors (Lipinski definition) is 3. The molecule has 0 unspecified atom stereocenters. The zero-order valence-electron chi connectivity index (χ0n) is 11.2. The topological polar surface area (TPSA) is 29.5 Å². The highest BCUT2D eigenvalue weighted by atomic mass is 32.1. The van der Waals surface area contributed by atoms with E-state index in [-0.39, 0.29) is 5.75 Å². The van der Waals surface area contributed by atoms with Gasteiger partial charge in [-0.25, -0.2) is 0 Å². The van der Waals surface area contributed by atoms with Crippen LogP contribution in [0.5, 0.6) is 11.5 Å². The summed E-state index contributed by atoms with van der Waals surface area (Å²) in [5.74, 6) is 1.09. The SMILES string of the molecule is CCCCCCOc1ccc2c(O)c(S)ccc2c1. The number of ether oxygens (including phenoxy) is 1. The minimum absolute atomic E-state index is 0.232. The molecule has 0 aromatic heterocycles. The molecule has 0 atom stereocenters. The number of phenols is 1. The van der Waals surface area contributed by atoms with Crippen LogP contribution in [0.3, 0.4) is 0 Å². The van der Waals surface area contributed by atoms with Gasteiger partial charge in [0.1, 0.15) is 11.5 Å². The first-order chi connectivity index (χ1) is 9.22. The molecule has 0 aliphatic rings. The lowest BCUT2D eigenvalue weighted by Crippen LogP contribution is -1.97. The molecule has 0 saturated heterocycles. The fraction of sp³-hybridized carbons (Fsp3) is 0.375. The fourth-order valence-electron chi connectivity index (χ4n) is 2.09. The van der Waals surface area contributed by atoms with Crippen molar-refractivity contribution in [1.29, 1.82) is 0 Å². The third-order valence-corrected chi connectivity index (χ3v) is 3.57. The highest BCUT2D eigenvalue weighted by molar-refractivity contribution is 7.80. The summed E-state index contributed by atoms with van der Waals surface area (Å²) in [6.45, 7) is 2.95. The van der Waals surface area contributed by atoms with E-state index < -0.39 is 0 Å². The highest BCUT2D eigenvalue weighted by Crippen LogP contribution is 2.32. The zero-order valence-corrected chi connectivity index (χ0v) is 12.1. The molecule has 2 nitrogen and oxygen atoms in total. The quantitative estimate of drug-likeness (QED) is 0.586. The number of hydrogen-bond donors (Lipinski definition) is 2. The monoisotopic (exact) mass is 276 g/mol. The molecule has 2 aromatic rings. The lowest BCUT2D eigenvalue weighted by molar-refractivity contribution is 0.305. The minimum atomic E-state index is 0.232.